The average molecular weight is 223 g/mol. The predicted molar refractivity (Wildman–Crippen MR) is 66.7 cm³/mol. The number of nitrogens with one attached hydrogen (secondary N) is 1. The van der Waals surface area contributed by atoms with Gasteiger partial charge in [0.1, 0.15) is 5.82 Å². The zero-order chi connectivity index (χ0) is 12.2. The maximum absolute atomic E-state index is 12.9. The molecule has 0 aliphatic carbocycles. The monoisotopic (exact) mass is 223 g/mol. The summed E-state index contributed by atoms with van der Waals surface area (Å²) in [6.07, 6.45) is 0. The standard InChI is InChI=1S/C14H22FN/c1-11(2)14(3,4)10-16-9-12-6-5-7-13(15)8-12/h5-8,11,16H,9-10H2,1-4H3. The molecule has 0 radical (unpaired) electrons. The van der Waals surface area contributed by atoms with E-state index in [2.05, 4.69) is 33.0 Å². The molecule has 0 amide bonds. The molecule has 0 atom stereocenters. The zero-order valence-electron chi connectivity index (χ0n) is 10.7. The second-order valence-corrected chi connectivity index (χ2v) is 5.38. The van der Waals surface area contributed by atoms with Gasteiger partial charge in [-0.15, -0.1) is 0 Å². The summed E-state index contributed by atoms with van der Waals surface area (Å²) in [4.78, 5) is 0. The second kappa shape index (κ2) is 5.44. The van der Waals surface area contributed by atoms with E-state index in [0.717, 1.165) is 18.7 Å². The Hall–Kier alpha value is -0.890. The van der Waals surface area contributed by atoms with E-state index in [4.69, 9.17) is 0 Å². The molecule has 0 aliphatic rings. The van der Waals surface area contributed by atoms with Crippen LogP contribution in [-0.4, -0.2) is 6.54 Å². The van der Waals surface area contributed by atoms with Crippen LogP contribution in [0.5, 0.6) is 0 Å². The summed E-state index contributed by atoms with van der Waals surface area (Å²) in [5, 5.41) is 3.38. The lowest BCUT2D eigenvalue weighted by Crippen LogP contribution is -2.33. The largest absolute Gasteiger partial charge is 0.312 e. The van der Waals surface area contributed by atoms with Gasteiger partial charge in [-0.1, -0.05) is 39.8 Å². The van der Waals surface area contributed by atoms with Crippen LogP contribution in [-0.2, 0) is 6.54 Å². The van der Waals surface area contributed by atoms with Crippen molar-refractivity contribution < 1.29 is 4.39 Å². The molecule has 0 saturated carbocycles. The van der Waals surface area contributed by atoms with Crippen molar-refractivity contribution in [1.29, 1.82) is 0 Å². The highest BCUT2D eigenvalue weighted by atomic mass is 19.1. The summed E-state index contributed by atoms with van der Waals surface area (Å²) in [5.74, 6) is 0.468. The molecular weight excluding hydrogens is 201 g/mol. The van der Waals surface area contributed by atoms with Crippen molar-refractivity contribution >= 4 is 0 Å². The Balaban J connectivity index is 2.42. The summed E-state index contributed by atoms with van der Waals surface area (Å²) in [7, 11) is 0. The smallest absolute Gasteiger partial charge is 0.123 e. The molecule has 0 spiro atoms. The van der Waals surface area contributed by atoms with Crippen LogP contribution in [0.3, 0.4) is 0 Å². The van der Waals surface area contributed by atoms with Gasteiger partial charge in [0.25, 0.3) is 0 Å². The molecule has 0 bridgehead atoms. The Morgan fingerprint density at radius 1 is 1.31 bits per heavy atom. The number of benzene rings is 1. The van der Waals surface area contributed by atoms with Crippen LogP contribution in [0.2, 0.25) is 0 Å². The first-order chi connectivity index (χ1) is 7.42. The highest BCUT2D eigenvalue weighted by Crippen LogP contribution is 2.24. The molecule has 16 heavy (non-hydrogen) atoms. The summed E-state index contributed by atoms with van der Waals surface area (Å²) >= 11 is 0. The first kappa shape index (κ1) is 13.2. The maximum Gasteiger partial charge on any atom is 0.123 e. The quantitative estimate of drug-likeness (QED) is 0.804. The maximum atomic E-state index is 12.9. The second-order valence-electron chi connectivity index (χ2n) is 5.38. The van der Waals surface area contributed by atoms with Crippen LogP contribution < -0.4 is 5.32 Å². The van der Waals surface area contributed by atoms with Crippen LogP contribution in [0.1, 0.15) is 33.3 Å². The molecule has 0 fully saturated rings. The predicted octanol–water partition coefficient (Wildman–Crippen LogP) is 3.60. The van der Waals surface area contributed by atoms with Gasteiger partial charge in [0.05, 0.1) is 0 Å². The van der Waals surface area contributed by atoms with Gasteiger partial charge in [-0.3, -0.25) is 0 Å². The van der Waals surface area contributed by atoms with Crippen LogP contribution in [0.4, 0.5) is 4.39 Å². The third-order valence-corrected chi connectivity index (χ3v) is 3.36. The van der Waals surface area contributed by atoms with Crippen molar-refractivity contribution in [2.45, 2.75) is 34.2 Å². The Morgan fingerprint density at radius 3 is 2.56 bits per heavy atom. The van der Waals surface area contributed by atoms with E-state index in [1.165, 1.54) is 6.07 Å². The topological polar surface area (TPSA) is 12.0 Å². The zero-order valence-corrected chi connectivity index (χ0v) is 10.7. The van der Waals surface area contributed by atoms with Gasteiger partial charge >= 0.3 is 0 Å². The number of hydrogen-bond donors (Lipinski definition) is 1. The Morgan fingerprint density at radius 2 is 2.00 bits per heavy atom. The molecule has 0 heterocycles. The third-order valence-electron chi connectivity index (χ3n) is 3.36. The number of rotatable bonds is 5. The van der Waals surface area contributed by atoms with Gasteiger partial charge in [-0.25, -0.2) is 4.39 Å². The van der Waals surface area contributed by atoms with Crippen molar-refractivity contribution in [3.8, 4) is 0 Å². The molecule has 1 aromatic rings. The molecule has 0 saturated heterocycles. The molecular formula is C14H22FN. The van der Waals surface area contributed by atoms with Gasteiger partial charge in [-0.05, 0) is 29.0 Å². The van der Waals surface area contributed by atoms with E-state index in [0.29, 0.717) is 5.92 Å². The molecule has 1 nitrogen and oxygen atoms in total. The fourth-order valence-electron chi connectivity index (χ4n) is 1.38. The van der Waals surface area contributed by atoms with Crippen LogP contribution in [0.15, 0.2) is 24.3 Å². The van der Waals surface area contributed by atoms with E-state index < -0.39 is 0 Å². The van der Waals surface area contributed by atoms with Gasteiger partial charge in [0.2, 0.25) is 0 Å². The van der Waals surface area contributed by atoms with Crippen LogP contribution in [0.25, 0.3) is 0 Å². The SMILES string of the molecule is CC(C)C(C)(C)CNCc1cccc(F)c1. The summed E-state index contributed by atoms with van der Waals surface area (Å²) in [6.45, 7) is 10.6. The normalized spacial score (nSPS) is 12.1. The Labute approximate surface area is 98.1 Å². The van der Waals surface area contributed by atoms with E-state index in [1.807, 2.05) is 6.07 Å². The first-order valence-corrected chi connectivity index (χ1v) is 5.87. The minimum Gasteiger partial charge on any atom is -0.312 e. The van der Waals surface area contributed by atoms with Crippen molar-refractivity contribution in [1.82, 2.24) is 5.32 Å². The molecule has 1 N–H and O–H groups in total. The van der Waals surface area contributed by atoms with E-state index >= 15 is 0 Å². The van der Waals surface area contributed by atoms with Crippen molar-refractivity contribution in [2.24, 2.45) is 11.3 Å². The van der Waals surface area contributed by atoms with Crippen molar-refractivity contribution in [2.75, 3.05) is 6.54 Å². The minimum atomic E-state index is -0.164. The van der Waals surface area contributed by atoms with Gasteiger partial charge < -0.3 is 5.32 Å². The number of halogens is 1. The molecule has 1 rings (SSSR count). The lowest BCUT2D eigenvalue weighted by atomic mass is 9.81. The average Bonchev–Trinajstić information content (AvgIpc) is 2.17. The van der Waals surface area contributed by atoms with Crippen LogP contribution in [0, 0.1) is 17.2 Å². The third kappa shape index (κ3) is 3.93. The van der Waals surface area contributed by atoms with Crippen LogP contribution >= 0.6 is 0 Å². The summed E-state index contributed by atoms with van der Waals surface area (Å²) in [6, 6.07) is 6.75. The van der Waals surface area contributed by atoms with Gasteiger partial charge in [-0.2, -0.15) is 0 Å². The summed E-state index contributed by atoms with van der Waals surface area (Å²) in [5.41, 5.74) is 1.27. The van der Waals surface area contributed by atoms with Gasteiger partial charge in [0, 0.05) is 13.1 Å². The minimum absolute atomic E-state index is 0.164. The van der Waals surface area contributed by atoms with E-state index in [1.54, 1.807) is 12.1 Å². The Kier molecular flexibility index (Phi) is 4.48. The lowest BCUT2D eigenvalue weighted by molar-refractivity contribution is 0.238. The molecule has 0 aromatic heterocycles. The first-order valence-electron chi connectivity index (χ1n) is 5.87. The lowest BCUT2D eigenvalue weighted by Gasteiger charge is -2.29. The molecule has 0 unspecified atom stereocenters. The highest BCUT2D eigenvalue weighted by molar-refractivity contribution is 5.15. The van der Waals surface area contributed by atoms with Crippen molar-refractivity contribution in [3.63, 3.8) is 0 Å². The fourth-order valence-corrected chi connectivity index (χ4v) is 1.38. The Bertz CT molecular complexity index is 331. The molecule has 2 heteroatoms. The molecule has 0 aliphatic heterocycles. The van der Waals surface area contributed by atoms with Crippen molar-refractivity contribution in [3.05, 3.63) is 35.6 Å². The fraction of sp³-hybridized carbons (Fsp3) is 0.571. The number of hydrogen-bond acceptors (Lipinski definition) is 1. The van der Waals surface area contributed by atoms with E-state index in [-0.39, 0.29) is 11.2 Å². The summed E-state index contributed by atoms with van der Waals surface area (Å²) < 4.78 is 12.9. The van der Waals surface area contributed by atoms with Gasteiger partial charge in [0.15, 0.2) is 0 Å². The van der Waals surface area contributed by atoms with E-state index in [9.17, 15) is 4.39 Å². The molecule has 90 valence electrons. The molecule has 1 aromatic carbocycles. The highest BCUT2D eigenvalue weighted by Gasteiger charge is 2.21.